The van der Waals surface area contributed by atoms with Crippen LogP contribution in [0.15, 0.2) is 101 Å². The van der Waals surface area contributed by atoms with Crippen LogP contribution in [0.3, 0.4) is 0 Å². The van der Waals surface area contributed by atoms with E-state index in [1.54, 1.807) is 48.5 Å². The number of hydrogen-bond acceptors (Lipinski definition) is 8. The summed E-state index contributed by atoms with van der Waals surface area (Å²) in [6.45, 7) is 0. The Morgan fingerprint density at radius 3 is 1.35 bits per heavy atom. The van der Waals surface area contributed by atoms with Crippen LogP contribution < -0.4 is 21.1 Å². The van der Waals surface area contributed by atoms with Crippen molar-refractivity contribution in [2.24, 2.45) is 10.2 Å². The summed E-state index contributed by atoms with van der Waals surface area (Å²) < 4.78 is 2.21. The fourth-order valence-electron chi connectivity index (χ4n) is 3.12. The van der Waals surface area contributed by atoms with Crippen LogP contribution in [-0.4, -0.2) is 34.5 Å². The van der Waals surface area contributed by atoms with Crippen LogP contribution in [0, 0.1) is 0 Å². The maximum absolute atomic E-state index is 11.8. The van der Waals surface area contributed by atoms with E-state index >= 15 is 0 Å². The Bertz CT molecular complexity index is 1560. The Balaban J connectivity index is 0.000000293. The van der Waals surface area contributed by atoms with Crippen molar-refractivity contribution in [3.05, 3.63) is 113 Å². The second-order valence-electron chi connectivity index (χ2n) is 8.04. The number of halogens is 4. The van der Waals surface area contributed by atoms with E-state index in [-0.39, 0.29) is 53.6 Å². The zero-order valence-electron chi connectivity index (χ0n) is 21.7. The second kappa shape index (κ2) is 17.3. The summed E-state index contributed by atoms with van der Waals surface area (Å²) in [6.07, 6.45) is 2.49. The molecule has 4 aromatic carbocycles. The Morgan fingerprint density at radius 2 is 1.00 bits per heavy atom. The second-order valence-corrected chi connectivity index (χ2v) is 11.6. The van der Waals surface area contributed by atoms with Gasteiger partial charge in [-0.2, -0.15) is 10.2 Å². The van der Waals surface area contributed by atoms with Crippen molar-refractivity contribution >= 4 is 88.0 Å². The Morgan fingerprint density at radius 1 is 0.651 bits per heavy atom. The normalized spacial score (nSPS) is 10.5. The molecule has 43 heavy (non-hydrogen) atoms. The number of carbonyl (C=O) groups excluding carboxylic acids is 2. The van der Waals surface area contributed by atoms with Crippen molar-refractivity contribution < 1.29 is 49.5 Å². The molecule has 4 aromatic rings. The number of para-hydroxylation sites is 2. The SMILES string of the molecule is O=C(NN=Cc1cc(Br)cc(Br)c1[O-])c1ccccc1O.O=C(NN=Cc1cc(Br)cc(Br)c1[O-])c1ccccc1O.[Zn+2]. The number of nitrogens with one attached hydrogen (secondary N) is 2. The fraction of sp³-hybridized carbons (Fsp3) is 0. The van der Waals surface area contributed by atoms with E-state index in [4.69, 9.17) is 0 Å². The standard InChI is InChI=1S/2C14H10Br2N2O3.Zn/c2*15-9-5-8(13(20)11(16)6-9)7-17-18-14(21)10-3-1-2-4-12(10)19;/h2*1-7,19-20H,(H,18,21);/q;;+2/p-2. The van der Waals surface area contributed by atoms with Gasteiger partial charge in [-0.25, -0.2) is 10.9 Å². The quantitative estimate of drug-likeness (QED) is 0.113. The van der Waals surface area contributed by atoms with Crippen LogP contribution in [0.5, 0.6) is 23.0 Å². The minimum Gasteiger partial charge on any atom is -0.871 e. The maximum atomic E-state index is 11.8. The van der Waals surface area contributed by atoms with E-state index < -0.39 is 11.8 Å². The summed E-state index contributed by atoms with van der Waals surface area (Å²) in [5.41, 5.74) is 5.35. The molecule has 0 saturated carbocycles. The van der Waals surface area contributed by atoms with Gasteiger partial charge in [0.05, 0.1) is 23.6 Å². The van der Waals surface area contributed by atoms with Gasteiger partial charge in [0.25, 0.3) is 11.8 Å². The molecule has 0 atom stereocenters. The first-order chi connectivity index (χ1) is 20.0. The number of rotatable bonds is 6. The Hall–Kier alpha value is -3.10. The van der Waals surface area contributed by atoms with E-state index in [2.05, 4.69) is 84.8 Å². The molecule has 0 bridgehead atoms. The van der Waals surface area contributed by atoms with E-state index in [1.165, 1.54) is 36.7 Å². The van der Waals surface area contributed by atoms with Gasteiger partial charge in [0.1, 0.15) is 11.5 Å². The molecule has 10 nitrogen and oxygen atoms in total. The van der Waals surface area contributed by atoms with Crippen LogP contribution in [0.25, 0.3) is 0 Å². The zero-order valence-corrected chi connectivity index (χ0v) is 31.0. The third kappa shape index (κ3) is 10.5. The molecule has 0 saturated heterocycles. The van der Waals surface area contributed by atoms with E-state index in [0.717, 1.165) is 0 Å². The first kappa shape index (κ1) is 36.1. The number of aromatic hydroxyl groups is 2. The minimum atomic E-state index is -0.564. The Kier molecular flexibility index (Phi) is 14.5. The molecular formula is C28H18Br4N4O6Zn. The van der Waals surface area contributed by atoms with Crippen LogP contribution in [0.2, 0.25) is 0 Å². The van der Waals surface area contributed by atoms with Gasteiger partial charge in [-0.05, 0) is 59.7 Å². The topological polar surface area (TPSA) is 169 Å². The number of hydrazone groups is 2. The third-order valence-corrected chi connectivity index (χ3v) is 7.20. The van der Waals surface area contributed by atoms with E-state index in [0.29, 0.717) is 29.0 Å². The number of phenols is 2. The molecule has 0 unspecified atom stereocenters. The number of amides is 2. The molecule has 0 aliphatic heterocycles. The number of carbonyl (C=O) groups is 2. The maximum Gasteiger partial charge on any atom is 2.00 e. The molecule has 4 N–H and O–H groups in total. The predicted octanol–water partition coefficient (Wildman–Crippen LogP) is 5.51. The smallest absolute Gasteiger partial charge is 0.871 e. The third-order valence-electron chi connectivity index (χ3n) is 5.11. The van der Waals surface area contributed by atoms with E-state index in [9.17, 15) is 30.0 Å². The van der Waals surface area contributed by atoms with Crippen LogP contribution in [0.1, 0.15) is 31.8 Å². The van der Waals surface area contributed by atoms with Gasteiger partial charge in [-0.1, -0.05) is 99.5 Å². The number of benzene rings is 4. The molecule has 0 aliphatic carbocycles. The van der Waals surface area contributed by atoms with Crippen molar-refractivity contribution in [2.75, 3.05) is 0 Å². The molecule has 0 fully saturated rings. The van der Waals surface area contributed by atoms with Gasteiger partial charge in [0.2, 0.25) is 0 Å². The molecule has 0 aliphatic rings. The summed E-state index contributed by atoms with van der Waals surface area (Å²) in [4.78, 5) is 23.6. The van der Waals surface area contributed by atoms with Gasteiger partial charge >= 0.3 is 19.5 Å². The van der Waals surface area contributed by atoms with Crippen molar-refractivity contribution in [1.82, 2.24) is 10.9 Å². The first-order valence-electron chi connectivity index (χ1n) is 11.5. The summed E-state index contributed by atoms with van der Waals surface area (Å²) in [5.74, 6) is -1.88. The molecule has 0 radical (unpaired) electrons. The number of nitrogens with zero attached hydrogens (tertiary/aromatic N) is 2. The number of phenolic OH excluding ortho intramolecular Hbond substituents is 2. The summed E-state index contributed by atoms with van der Waals surface area (Å²) in [6, 6.07) is 18.6. The average molecular weight is 891 g/mol. The van der Waals surface area contributed by atoms with Crippen LogP contribution in [0.4, 0.5) is 0 Å². The van der Waals surface area contributed by atoms with Crippen LogP contribution in [-0.2, 0) is 19.5 Å². The largest absolute Gasteiger partial charge is 2.00 e. The summed E-state index contributed by atoms with van der Waals surface area (Å²) >= 11 is 12.8. The van der Waals surface area contributed by atoms with Crippen molar-refractivity contribution in [2.45, 2.75) is 0 Å². The van der Waals surface area contributed by atoms with Crippen molar-refractivity contribution in [3.8, 4) is 23.0 Å². The molecule has 216 valence electrons. The average Bonchev–Trinajstić information content (AvgIpc) is 2.94. The van der Waals surface area contributed by atoms with Crippen molar-refractivity contribution in [1.29, 1.82) is 0 Å². The zero-order chi connectivity index (χ0) is 30.8. The van der Waals surface area contributed by atoms with Gasteiger partial charge in [-0.15, -0.1) is 0 Å². The summed E-state index contributed by atoms with van der Waals surface area (Å²) in [7, 11) is 0. The fourth-order valence-corrected chi connectivity index (χ4v) is 5.64. The van der Waals surface area contributed by atoms with Crippen molar-refractivity contribution in [3.63, 3.8) is 0 Å². The molecule has 0 spiro atoms. The van der Waals surface area contributed by atoms with Gasteiger partial charge < -0.3 is 20.4 Å². The van der Waals surface area contributed by atoms with E-state index in [1.807, 2.05) is 0 Å². The Labute approximate surface area is 292 Å². The molecule has 2 amide bonds. The van der Waals surface area contributed by atoms with Crippen LogP contribution >= 0.6 is 63.7 Å². The number of hydrogen-bond donors (Lipinski definition) is 4. The predicted molar refractivity (Wildman–Crippen MR) is 169 cm³/mol. The van der Waals surface area contributed by atoms with Gasteiger partial charge in [-0.3, -0.25) is 9.59 Å². The minimum absolute atomic E-state index is 0. The summed E-state index contributed by atoms with van der Waals surface area (Å²) in [5, 5.41) is 50.1. The molecule has 0 heterocycles. The first-order valence-corrected chi connectivity index (χ1v) is 14.7. The molecule has 15 heteroatoms. The molecule has 0 aromatic heterocycles. The van der Waals surface area contributed by atoms with Gasteiger partial charge in [0, 0.05) is 17.9 Å². The monoisotopic (exact) mass is 886 g/mol. The molecule has 4 rings (SSSR count). The van der Waals surface area contributed by atoms with Gasteiger partial charge in [0.15, 0.2) is 0 Å². The molecular weight excluding hydrogens is 873 g/mol.